The van der Waals surface area contributed by atoms with E-state index in [9.17, 15) is 50.3 Å². The molecule has 14 nitrogen and oxygen atoms in total. The predicted octanol–water partition coefficient (Wildman–Crippen LogP) is 6.20. The molecule has 0 aliphatic carbocycles. The Morgan fingerprint density at radius 2 is 0.852 bits per heavy atom. The zero-order chi connectivity index (χ0) is 47.0. The van der Waals surface area contributed by atoms with E-state index in [1.807, 2.05) is 0 Å². The number of carboxylic acids is 4. The molecule has 0 saturated carbocycles. The van der Waals surface area contributed by atoms with Crippen molar-refractivity contribution in [2.45, 2.75) is 67.4 Å². The first kappa shape index (κ1) is 55.4. The third kappa shape index (κ3) is 23.7. The molecule has 4 atom stereocenters. The van der Waals surface area contributed by atoms with Crippen LogP contribution < -0.4 is 5.32 Å². The van der Waals surface area contributed by atoms with E-state index in [4.69, 9.17) is 39.7 Å². The second kappa shape index (κ2) is 28.0. The number of carbonyl (C=O) groups is 5. The van der Waals surface area contributed by atoms with Crippen molar-refractivity contribution in [3.63, 3.8) is 0 Å². The van der Waals surface area contributed by atoms with Gasteiger partial charge in [-0.1, -0.05) is 39.0 Å². The van der Waals surface area contributed by atoms with Gasteiger partial charge in [0.05, 0.1) is 64.0 Å². The van der Waals surface area contributed by atoms with Crippen LogP contribution in [0.4, 0.5) is 26.3 Å². The van der Waals surface area contributed by atoms with Gasteiger partial charge >= 0.3 is 23.9 Å². The molecule has 0 bridgehead atoms. The van der Waals surface area contributed by atoms with Crippen molar-refractivity contribution < 1.29 is 90.1 Å². The number of aliphatic carboxylic acids is 4. The lowest BCUT2D eigenvalue weighted by Crippen LogP contribution is -2.48. The maximum Gasteiger partial charge on any atom is 0.328 e. The summed E-state index contributed by atoms with van der Waals surface area (Å²) in [5, 5.41) is 44.7. The van der Waals surface area contributed by atoms with Crippen LogP contribution in [-0.2, 0) is 58.0 Å². The number of ether oxygens (including phenoxy) is 3. The van der Waals surface area contributed by atoms with Crippen molar-refractivity contribution in [1.29, 1.82) is 0 Å². The zero-order valence-electron chi connectivity index (χ0n) is 34.2. The summed E-state index contributed by atoms with van der Waals surface area (Å²) in [7, 11) is 0. The lowest BCUT2D eigenvalue weighted by molar-refractivity contribution is -0.145. The van der Waals surface area contributed by atoms with Gasteiger partial charge in [-0.2, -0.15) is 0 Å². The minimum Gasteiger partial charge on any atom is -0.481 e. The molecule has 0 aliphatic rings. The molecule has 0 aliphatic heterocycles. The molecule has 0 heterocycles. The van der Waals surface area contributed by atoms with Crippen LogP contribution in [0.25, 0.3) is 0 Å². The van der Waals surface area contributed by atoms with Gasteiger partial charge in [0.1, 0.15) is 34.9 Å². The van der Waals surface area contributed by atoms with Gasteiger partial charge in [-0.15, -0.1) is 0 Å². The molecular weight excluding hydrogens is 828 g/mol. The number of carbonyl (C=O) groups excluding carboxylic acids is 1. The van der Waals surface area contributed by atoms with Crippen LogP contribution in [0.3, 0.4) is 0 Å². The summed E-state index contributed by atoms with van der Waals surface area (Å²) < 4.78 is 92.6. The number of hydrogen-bond acceptors (Lipinski definition) is 9. The largest absolute Gasteiger partial charge is 0.481 e. The van der Waals surface area contributed by atoms with Crippen LogP contribution >= 0.6 is 0 Å². The van der Waals surface area contributed by atoms with Crippen LogP contribution in [-0.4, -0.2) is 87.8 Å². The average molecular weight is 880 g/mol. The molecule has 4 unspecified atom stereocenters. The number of hydrogen-bond donors (Lipinski definition) is 6. The Bertz CT molecular complexity index is 1800. The highest BCUT2D eigenvalue weighted by atomic mass is 19.2. The number of benzene rings is 3. The number of carboxylic acid groups (broad SMARTS) is 4. The molecule has 3 aromatic rings. The van der Waals surface area contributed by atoms with Crippen molar-refractivity contribution in [3.8, 4) is 0 Å². The number of amides is 1. The summed E-state index contributed by atoms with van der Waals surface area (Å²) in [5.74, 6) is -10.7. The van der Waals surface area contributed by atoms with Crippen molar-refractivity contribution in [1.82, 2.24) is 5.32 Å². The van der Waals surface area contributed by atoms with E-state index in [1.54, 1.807) is 20.8 Å². The Kier molecular flexibility index (Phi) is 25.5. The van der Waals surface area contributed by atoms with Gasteiger partial charge in [0.15, 0.2) is 6.04 Å². The van der Waals surface area contributed by atoms with Crippen LogP contribution in [0.2, 0.25) is 0 Å². The van der Waals surface area contributed by atoms with E-state index in [-0.39, 0.29) is 62.9 Å². The molecule has 6 N–H and O–H groups in total. The maximum absolute atomic E-state index is 13.4. The maximum atomic E-state index is 13.4. The standard InChI is InChI=1S/C15H19F2NO4.2C11H12F2O3.C4H8O3/c1-15(2,3)14(21)18-12(13(19)20)8-22-7-9-4-5-10(16)6-11(9)17;2*1-7(11(14)15)5-16-6-8-2-3-9(12)4-10(8)13;1-3(2-5)4(6)7/h4-6,12H,7-8H2,1-3H3,(H,18,21)(H,19,20);2*2-4,7H,5-6H2,1H3,(H,14,15);3,5H,2H2,1H3,(H,6,7). The summed E-state index contributed by atoms with van der Waals surface area (Å²) in [5.41, 5.74) is -0.220. The summed E-state index contributed by atoms with van der Waals surface area (Å²) in [4.78, 5) is 53.5. The third-order valence-corrected chi connectivity index (χ3v) is 7.66. The smallest absolute Gasteiger partial charge is 0.328 e. The Morgan fingerprint density at radius 3 is 1.08 bits per heavy atom. The number of nitrogens with one attached hydrogen (secondary N) is 1. The summed E-state index contributed by atoms with van der Waals surface area (Å²) in [6, 6.07) is 8.10. The van der Waals surface area contributed by atoms with Gasteiger partial charge in [0.25, 0.3) is 0 Å². The highest BCUT2D eigenvalue weighted by Gasteiger charge is 2.27. The Balaban J connectivity index is 0.000000832. The molecule has 0 spiro atoms. The molecule has 0 radical (unpaired) electrons. The summed E-state index contributed by atoms with van der Waals surface area (Å²) >= 11 is 0. The zero-order valence-corrected chi connectivity index (χ0v) is 34.2. The lowest BCUT2D eigenvalue weighted by Gasteiger charge is -2.21. The fourth-order valence-corrected chi connectivity index (χ4v) is 3.66. The van der Waals surface area contributed by atoms with E-state index in [2.05, 4.69) is 5.32 Å². The number of aliphatic hydroxyl groups is 1. The summed E-state index contributed by atoms with van der Waals surface area (Å²) in [6.07, 6.45) is 0. The van der Waals surface area contributed by atoms with Gasteiger partial charge in [-0.3, -0.25) is 19.2 Å². The minimum absolute atomic E-state index is 0.00779. The number of halogens is 6. The summed E-state index contributed by atoms with van der Waals surface area (Å²) in [6.45, 7) is 8.40. The van der Waals surface area contributed by atoms with Gasteiger partial charge in [0.2, 0.25) is 5.91 Å². The van der Waals surface area contributed by atoms with Gasteiger partial charge in [-0.25, -0.2) is 31.1 Å². The molecule has 3 rings (SSSR count). The van der Waals surface area contributed by atoms with Crippen molar-refractivity contribution in [2.75, 3.05) is 26.4 Å². The van der Waals surface area contributed by atoms with E-state index >= 15 is 0 Å². The number of aliphatic hydroxyl groups excluding tert-OH is 1. The molecule has 0 fully saturated rings. The van der Waals surface area contributed by atoms with Gasteiger partial charge in [-0.05, 0) is 39.0 Å². The monoisotopic (exact) mass is 879 g/mol. The van der Waals surface area contributed by atoms with Gasteiger partial charge in [0, 0.05) is 40.3 Å². The minimum atomic E-state index is -1.25. The first-order valence-corrected chi connectivity index (χ1v) is 18.2. The molecular formula is C41H51F6NO13. The lowest BCUT2D eigenvalue weighted by atomic mass is 9.95. The quantitative estimate of drug-likeness (QED) is 0.0784. The molecule has 20 heteroatoms. The van der Waals surface area contributed by atoms with E-state index in [0.717, 1.165) is 36.4 Å². The van der Waals surface area contributed by atoms with Crippen LogP contribution in [0.5, 0.6) is 0 Å². The molecule has 0 saturated heterocycles. The van der Waals surface area contributed by atoms with E-state index in [1.165, 1.54) is 39.0 Å². The average Bonchev–Trinajstić information content (AvgIpc) is 3.16. The third-order valence-electron chi connectivity index (χ3n) is 7.66. The number of rotatable bonds is 18. The van der Waals surface area contributed by atoms with Crippen LogP contribution in [0, 0.1) is 58.1 Å². The van der Waals surface area contributed by atoms with Gasteiger partial charge < -0.3 is 45.1 Å². The van der Waals surface area contributed by atoms with Crippen molar-refractivity contribution in [2.24, 2.45) is 23.2 Å². The predicted molar refractivity (Wildman–Crippen MR) is 205 cm³/mol. The first-order valence-electron chi connectivity index (χ1n) is 18.2. The topological polar surface area (TPSA) is 226 Å². The fraction of sp³-hybridized carbons (Fsp3) is 0.439. The molecule has 61 heavy (non-hydrogen) atoms. The second-order valence-corrected chi connectivity index (χ2v) is 14.3. The second-order valence-electron chi connectivity index (χ2n) is 14.3. The highest BCUT2D eigenvalue weighted by Crippen LogP contribution is 2.15. The molecule has 340 valence electrons. The van der Waals surface area contributed by atoms with Crippen molar-refractivity contribution in [3.05, 3.63) is 106 Å². The van der Waals surface area contributed by atoms with E-state index in [0.29, 0.717) is 0 Å². The SMILES string of the molecule is CC(C)(C)C(=O)NC(COCc1ccc(F)cc1F)C(=O)O.CC(CO)C(=O)O.CC(COCc1ccc(F)cc1F)C(=O)O.CC(COCc1ccc(F)cc1F)C(=O)O. The molecule has 3 aromatic carbocycles. The highest BCUT2D eigenvalue weighted by molar-refractivity contribution is 5.86. The van der Waals surface area contributed by atoms with Crippen LogP contribution in [0.15, 0.2) is 54.6 Å². The van der Waals surface area contributed by atoms with E-state index < -0.39 is 93.9 Å². The van der Waals surface area contributed by atoms with Crippen LogP contribution in [0.1, 0.15) is 58.2 Å². The Hall–Kier alpha value is -5.57. The van der Waals surface area contributed by atoms with Crippen molar-refractivity contribution >= 4 is 29.8 Å². The normalized spacial score (nSPS) is 12.7. The molecule has 1 amide bonds. The Morgan fingerprint density at radius 1 is 0.541 bits per heavy atom. The first-order chi connectivity index (χ1) is 28.3. The Labute approximate surface area is 348 Å². The fourth-order valence-electron chi connectivity index (χ4n) is 3.66. The molecule has 0 aromatic heterocycles.